The number of thioether (sulfide) groups is 1. The monoisotopic (exact) mass is 693 g/mol. The van der Waals surface area contributed by atoms with Gasteiger partial charge in [-0.3, -0.25) is 4.98 Å². The third-order valence-corrected chi connectivity index (χ3v) is 8.89. The van der Waals surface area contributed by atoms with Gasteiger partial charge in [0, 0.05) is 46.9 Å². The Balaban J connectivity index is 1.78. The Hall–Kier alpha value is -3.75. The van der Waals surface area contributed by atoms with E-state index in [2.05, 4.69) is 9.97 Å². The fourth-order valence-corrected chi connectivity index (χ4v) is 6.18. The Kier molecular flexibility index (Phi) is 10.9. The Morgan fingerprint density at radius 1 is 1.02 bits per heavy atom. The zero-order valence-corrected chi connectivity index (χ0v) is 27.1. The summed E-state index contributed by atoms with van der Waals surface area (Å²) in [4.78, 5) is 8.29. The molecule has 0 aliphatic heterocycles. The lowest BCUT2D eigenvalue weighted by molar-refractivity contribution is -0.178. The van der Waals surface area contributed by atoms with Gasteiger partial charge < -0.3 is 21.0 Å². The zero-order valence-electron chi connectivity index (χ0n) is 25.5. The van der Waals surface area contributed by atoms with Crippen LogP contribution in [0.3, 0.4) is 0 Å². The molecule has 2 aromatic carbocycles. The van der Waals surface area contributed by atoms with Gasteiger partial charge in [0.25, 0.3) is 0 Å². The summed E-state index contributed by atoms with van der Waals surface area (Å²) in [5.74, 6) is 2.38. The number of hydrogen-bond donors (Lipinski definition) is 4. The molecule has 0 aliphatic carbocycles. The molecule has 3 atom stereocenters. The summed E-state index contributed by atoms with van der Waals surface area (Å²) in [6.07, 6.45) is 0.415. The van der Waals surface area contributed by atoms with Crippen LogP contribution in [0.25, 0.3) is 11.3 Å². The van der Waals surface area contributed by atoms with E-state index in [9.17, 15) is 27.8 Å². The Labute approximate surface area is 278 Å². The van der Waals surface area contributed by atoms with E-state index in [0.29, 0.717) is 5.02 Å². The number of rotatable bonds is 11. The normalized spacial score (nSPS) is 15.2. The van der Waals surface area contributed by atoms with Gasteiger partial charge in [0.05, 0.1) is 28.2 Å². The lowest BCUT2D eigenvalue weighted by Gasteiger charge is -2.33. The van der Waals surface area contributed by atoms with Crippen molar-refractivity contribution in [2.24, 2.45) is 17.5 Å². The third-order valence-electron chi connectivity index (χ3n) is 7.56. The molecule has 6 N–H and O–H groups in total. The van der Waals surface area contributed by atoms with Crippen molar-refractivity contribution in [3.05, 3.63) is 130 Å². The molecule has 7 nitrogen and oxygen atoms in total. The summed E-state index contributed by atoms with van der Waals surface area (Å²) >= 11 is 6.83. The average Bonchev–Trinajstić information content (AvgIpc) is 3.01. The fraction of sp³-hybridized carbons (Fsp3) is 0.273. The van der Waals surface area contributed by atoms with Crippen LogP contribution < -0.4 is 11.6 Å². The lowest BCUT2D eigenvalue weighted by Crippen LogP contribution is -2.42. The summed E-state index contributed by atoms with van der Waals surface area (Å²) in [6.45, 7) is 1.72. The number of aliphatic hydroxyl groups is 2. The average molecular weight is 694 g/mol. The molecule has 0 aliphatic rings. The highest BCUT2D eigenvalue weighted by Crippen LogP contribution is 2.45. The quantitative estimate of drug-likeness (QED) is 0.0770. The molecule has 0 radical (unpaired) electrons. The molecule has 250 valence electrons. The van der Waals surface area contributed by atoms with E-state index in [0.717, 1.165) is 41.2 Å². The van der Waals surface area contributed by atoms with Crippen molar-refractivity contribution in [2.45, 2.75) is 36.5 Å². The number of halogens is 6. The van der Waals surface area contributed by atoms with Crippen LogP contribution in [0, 0.1) is 17.6 Å². The van der Waals surface area contributed by atoms with Gasteiger partial charge in [-0.05, 0) is 74.2 Å². The molecule has 2 heterocycles. The summed E-state index contributed by atoms with van der Waals surface area (Å²) in [5.41, 5.74) is 1.98. The van der Waals surface area contributed by atoms with Gasteiger partial charge in [0.15, 0.2) is 11.4 Å². The van der Waals surface area contributed by atoms with E-state index >= 15 is 4.39 Å². The number of pyridine rings is 2. The highest BCUT2D eigenvalue weighted by molar-refractivity contribution is 7.98. The maximum absolute atomic E-state index is 15.7. The first-order valence-corrected chi connectivity index (χ1v) is 15.8. The van der Waals surface area contributed by atoms with Crippen molar-refractivity contribution in [3.63, 3.8) is 0 Å². The van der Waals surface area contributed by atoms with Crippen LogP contribution in [-0.4, -0.2) is 44.2 Å². The number of hydrogen-bond acceptors (Lipinski definition) is 8. The number of nitrogens with two attached hydrogens (primary N) is 2. The predicted octanol–water partition coefficient (Wildman–Crippen LogP) is 6.80. The van der Waals surface area contributed by atoms with E-state index in [1.807, 2.05) is 0 Å². The number of hydrazine groups is 1. The van der Waals surface area contributed by atoms with Crippen LogP contribution in [0.2, 0.25) is 5.02 Å². The molecule has 0 spiro atoms. The van der Waals surface area contributed by atoms with Gasteiger partial charge in [-0.25, -0.2) is 19.6 Å². The van der Waals surface area contributed by atoms with Crippen LogP contribution in [0.4, 0.5) is 22.0 Å². The van der Waals surface area contributed by atoms with E-state index in [1.54, 1.807) is 12.1 Å². The predicted molar refractivity (Wildman–Crippen MR) is 172 cm³/mol. The van der Waals surface area contributed by atoms with Gasteiger partial charge in [-0.1, -0.05) is 29.8 Å². The van der Waals surface area contributed by atoms with Gasteiger partial charge in [0.2, 0.25) is 0 Å². The second-order valence-electron chi connectivity index (χ2n) is 11.4. The van der Waals surface area contributed by atoms with Crippen molar-refractivity contribution in [1.29, 1.82) is 0 Å². The van der Waals surface area contributed by atoms with Crippen LogP contribution in [0.5, 0.6) is 0 Å². The number of nitrogens with zero attached hydrogens (tertiary/aromatic N) is 3. The Morgan fingerprint density at radius 2 is 1.66 bits per heavy atom. The molecule has 14 heteroatoms. The Morgan fingerprint density at radius 3 is 2.19 bits per heavy atom. The van der Waals surface area contributed by atoms with Crippen LogP contribution in [0.1, 0.15) is 41.5 Å². The van der Waals surface area contributed by atoms with Gasteiger partial charge in [0.1, 0.15) is 11.5 Å². The number of aromatic nitrogens is 2. The molecular weight excluding hydrogens is 661 g/mol. The molecule has 2 aromatic heterocycles. The number of alkyl halides is 3. The van der Waals surface area contributed by atoms with E-state index in [1.165, 1.54) is 68.9 Å². The lowest BCUT2D eigenvalue weighted by atomic mass is 9.84. The highest BCUT2D eigenvalue weighted by Gasteiger charge is 2.47. The van der Waals surface area contributed by atoms with Crippen molar-refractivity contribution >= 4 is 23.4 Å². The smallest absolute Gasteiger partial charge is 0.395 e. The second-order valence-corrected chi connectivity index (χ2v) is 12.8. The van der Waals surface area contributed by atoms with Crippen LogP contribution >= 0.6 is 23.4 Å². The second kappa shape index (κ2) is 14.2. The molecule has 3 unspecified atom stereocenters. The van der Waals surface area contributed by atoms with Crippen molar-refractivity contribution in [3.8, 4) is 11.3 Å². The fourth-order valence-electron chi connectivity index (χ4n) is 5.12. The number of benzene rings is 2. The van der Waals surface area contributed by atoms with Crippen LogP contribution in [0.15, 0.2) is 91.0 Å². The maximum Gasteiger partial charge on any atom is 0.395 e. The maximum atomic E-state index is 15.7. The molecular formula is C33H33ClF5N5O2S. The minimum Gasteiger partial charge on any atom is -0.398 e. The first-order valence-electron chi connectivity index (χ1n) is 14.1. The molecule has 0 saturated heterocycles. The molecule has 0 saturated carbocycles. The van der Waals surface area contributed by atoms with Crippen LogP contribution in [-0.2, 0) is 11.2 Å². The first-order chi connectivity index (χ1) is 22.0. The van der Waals surface area contributed by atoms with E-state index in [4.69, 9.17) is 23.2 Å². The summed E-state index contributed by atoms with van der Waals surface area (Å²) in [7, 11) is 0. The molecule has 4 aromatic rings. The SMILES string of the molecule is CSC(c1cc(C(C)(C)O)c(F)c(-c2ccc(F)cc2)n1)C(CN(N)/C=C(\N)C(O)(c1ccc(Cl)cc1)c1cccnc1)C(F)(F)F. The van der Waals surface area contributed by atoms with Crippen molar-refractivity contribution in [2.75, 3.05) is 12.8 Å². The standard InChI is InChI=1S/C33H33ClF5N5O2S/c1-31(2,45)24-15-26(43-29(28(24)36)19-6-12-23(35)13-7-19)30(47-3)25(33(37,38)39)17-44(41)18-27(40)32(46,21-5-4-14-42-16-21)20-8-10-22(34)11-9-20/h4-16,18,25,30,45-46H,17,40-41H2,1-3H3/b27-18-. The molecule has 0 amide bonds. The summed E-state index contributed by atoms with van der Waals surface area (Å²) in [6, 6.07) is 14.9. The topological polar surface area (TPSA) is 122 Å². The summed E-state index contributed by atoms with van der Waals surface area (Å²) < 4.78 is 73.7. The first kappa shape index (κ1) is 36.1. The zero-order chi connectivity index (χ0) is 34.7. The Bertz CT molecular complexity index is 1700. The van der Waals surface area contributed by atoms with Gasteiger partial charge in [-0.2, -0.15) is 24.9 Å². The minimum absolute atomic E-state index is 0.104. The van der Waals surface area contributed by atoms with Gasteiger partial charge >= 0.3 is 6.18 Å². The molecule has 0 fully saturated rings. The summed E-state index contributed by atoms with van der Waals surface area (Å²) in [5, 5.41) is 22.3. The van der Waals surface area contributed by atoms with Crippen molar-refractivity contribution in [1.82, 2.24) is 15.0 Å². The van der Waals surface area contributed by atoms with E-state index in [-0.39, 0.29) is 39.3 Å². The highest BCUT2D eigenvalue weighted by atomic mass is 35.5. The largest absolute Gasteiger partial charge is 0.398 e. The molecule has 0 bridgehead atoms. The minimum atomic E-state index is -4.86. The molecule has 4 rings (SSSR count). The van der Waals surface area contributed by atoms with Crippen molar-refractivity contribution < 1.29 is 32.2 Å². The van der Waals surface area contributed by atoms with Gasteiger partial charge in [-0.15, -0.1) is 0 Å². The third kappa shape index (κ3) is 8.04. The molecule has 47 heavy (non-hydrogen) atoms. The van der Waals surface area contributed by atoms with E-state index < -0.39 is 46.7 Å².